The van der Waals surface area contributed by atoms with Gasteiger partial charge in [-0.05, 0) is 29.9 Å². The zero-order chi connectivity index (χ0) is 18.8. The number of rotatable bonds is 4. The fourth-order valence-electron chi connectivity index (χ4n) is 3.16. The molecule has 0 fully saturated rings. The molecule has 0 aliphatic carbocycles. The third-order valence-electron chi connectivity index (χ3n) is 4.82. The first-order valence-electron chi connectivity index (χ1n) is 9.25. The topological polar surface area (TPSA) is 36.8 Å². The van der Waals surface area contributed by atoms with E-state index >= 15 is 0 Å². The Morgan fingerprint density at radius 1 is 0.880 bits per heavy atom. The van der Waals surface area contributed by atoms with Gasteiger partial charge in [0.25, 0.3) is 0 Å². The van der Waals surface area contributed by atoms with Crippen molar-refractivity contribution in [2.45, 2.75) is 71.9 Å². The first kappa shape index (κ1) is 19.5. The molecule has 0 aliphatic heterocycles. The molecule has 0 aliphatic rings. The van der Waals surface area contributed by atoms with Crippen molar-refractivity contribution in [3.05, 3.63) is 64.7 Å². The summed E-state index contributed by atoms with van der Waals surface area (Å²) in [7, 11) is 0. The minimum Gasteiger partial charge on any atom is -0.507 e. The summed E-state index contributed by atoms with van der Waals surface area (Å²) in [6, 6.07) is 15.4. The van der Waals surface area contributed by atoms with Gasteiger partial charge in [-0.25, -0.2) is 0 Å². The molecule has 1 atom stereocenters. The van der Waals surface area contributed by atoms with Gasteiger partial charge < -0.3 is 10.4 Å². The van der Waals surface area contributed by atoms with Crippen LogP contribution in [0.1, 0.15) is 76.8 Å². The second kappa shape index (κ2) is 7.21. The average Bonchev–Trinajstić information content (AvgIpc) is 2.52. The first-order valence-corrected chi connectivity index (χ1v) is 9.25. The standard InChI is InChI=1S/C23H33NO/c1-16(18-11-9-8-10-12-18)24-15-17-13-19(22(2,3)4)21(25)20(14-17)23(5,6)7/h8-14,16,24-25H,15H2,1-7H3/p+1/t16-/m0/s1. The monoisotopic (exact) mass is 340 g/mol. The quantitative estimate of drug-likeness (QED) is 0.823. The number of phenolic OH excluding ortho intramolecular Hbond substituents is 1. The molecule has 0 radical (unpaired) electrons. The van der Waals surface area contributed by atoms with Crippen LogP contribution in [0.5, 0.6) is 5.75 Å². The Kier molecular flexibility index (Phi) is 5.63. The molecule has 2 nitrogen and oxygen atoms in total. The molecule has 2 heteroatoms. The van der Waals surface area contributed by atoms with Crippen molar-refractivity contribution < 1.29 is 10.4 Å². The molecule has 0 bridgehead atoms. The summed E-state index contributed by atoms with van der Waals surface area (Å²) in [6.07, 6.45) is 0. The fourth-order valence-corrected chi connectivity index (χ4v) is 3.16. The molecule has 0 spiro atoms. The molecule has 3 N–H and O–H groups in total. The first-order chi connectivity index (χ1) is 11.5. The van der Waals surface area contributed by atoms with E-state index in [1.54, 1.807) is 0 Å². The third-order valence-corrected chi connectivity index (χ3v) is 4.82. The number of benzene rings is 2. The molecule has 0 amide bonds. The Bertz CT molecular complexity index is 670. The van der Waals surface area contributed by atoms with Crippen molar-refractivity contribution in [3.8, 4) is 5.75 Å². The van der Waals surface area contributed by atoms with Gasteiger partial charge in [-0.3, -0.25) is 0 Å². The fraction of sp³-hybridized carbons (Fsp3) is 0.478. The highest BCUT2D eigenvalue weighted by Gasteiger charge is 2.26. The highest BCUT2D eigenvalue weighted by Crippen LogP contribution is 2.39. The van der Waals surface area contributed by atoms with Gasteiger partial charge in [-0.15, -0.1) is 0 Å². The highest BCUT2D eigenvalue weighted by atomic mass is 16.3. The van der Waals surface area contributed by atoms with Crippen LogP contribution in [-0.4, -0.2) is 5.11 Å². The van der Waals surface area contributed by atoms with E-state index in [9.17, 15) is 5.11 Å². The Morgan fingerprint density at radius 3 is 1.80 bits per heavy atom. The van der Waals surface area contributed by atoms with Crippen LogP contribution in [-0.2, 0) is 17.4 Å². The zero-order valence-corrected chi connectivity index (χ0v) is 16.9. The summed E-state index contributed by atoms with van der Waals surface area (Å²) in [4.78, 5) is 0. The van der Waals surface area contributed by atoms with Crippen LogP contribution in [0, 0.1) is 0 Å². The number of hydrogen-bond acceptors (Lipinski definition) is 1. The highest BCUT2D eigenvalue weighted by molar-refractivity contribution is 5.49. The Hall–Kier alpha value is -1.80. The maximum atomic E-state index is 10.8. The van der Waals surface area contributed by atoms with Crippen molar-refractivity contribution in [2.24, 2.45) is 0 Å². The SMILES string of the molecule is C[C@H]([NH2+]Cc1cc(C(C)(C)C)c(O)c(C(C)(C)C)c1)c1ccccc1. The van der Waals surface area contributed by atoms with E-state index in [1.807, 2.05) is 0 Å². The molecule has 0 heterocycles. The summed E-state index contributed by atoms with van der Waals surface area (Å²) in [5.74, 6) is 0.458. The van der Waals surface area contributed by atoms with Gasteiger partial charge in [0, 0.05) is 22.3 Å². The van der Waals surface area contributed by atoms with Crippen LogP contribution in [0.15, 0.2) is 42.5 Å². The maximum absolute atomic E-state index is 10.8. The molecular weight excluding hydrogens is 306 g/mol. The maximum Gasteiger partial charge on any atom is 0.123 e. The van der Waals surface area contributed by atoms with Crippen LogP contribution in [0.2, 0.25) is 0 Å². The Balaban J connectivity index is 2.31. The van der Waals surface area contributed by atoms with Crippen molar-refractivity contribution in [3.63, 3.8) is 0 Å². The second-order valence-corrected chi connectivity index (χ2v) is 9.18. The molecular formula is C23H34NO+. The molecule has 2 aromatic rings. The van der Waals surface area contributed by atoms with Gasteiger partial charge in [0.05, 0.1) is 0 Å². The number of nitrogens with two attached hydrogens (primary N) is 1. The van der Waals surface area contributed by atoms with Crippen LogP contribution in [0.25, 0.3) is 0 Å². The van der Waals surface area contributed by atoms with E-state index < -0.39 is 0 Å². The number of quaternary nitrogens is 1. The minimum absolute atomic E-state index is 0.0782. The zero-order valence-electron chi connectivity index (χ0n) is 16.9. The lowest BCUT2D eigenvalue weighted by molar-refractivity contribution is -0.707. The van der Waals surface area contributed by atoms with Crippen LogP contribution in [0.3, 0.4) is 0 Å². The van der Waals surface area contributed by atoms with E-state index in [2.05, 4.69) is 96.2 Å². The van der Waals surface area contributed by atoms with Gasteiger partial charge in [-0.2, -0.15) is 0 Å². The molecule has 25 heavy (non-hydrogen) atoms. The molecule has 2 rings (SSSR count). The van der Waals surface area contributed by atoms with Gasteiger partial charge in [0.2, 0.25) is 0 Å². The number of hydrogen-bond donors (Lipinski definition) is 2. The summed E-state index contributed by atoms with van der Waals surface area (Å²) in [5, 5.41) is 13.2. The molecule has 0 saturated carbocycles. The largest absolute Gasteiger partial charge is 0.507 e. The summed E-state index contributed by atoms with van der Waals surface area (Å²) in [6.45, 7) is 16.1. The van der Waals surface area contributed by atoms with Crippen molar-refractivity contribution in [1.82, 2.24) is 0 Å². The molecule has 136 valence electrons. The Morgan fingerprint density at radius 2 is 1.36 bits per heavy atom. The summed E-state index contributed by atoms with van der Waals surface area (Å²) >= 11 is 0. The van der Waals surface area contributed by atoms with Crippen molar-refractivity contribution in [1.29, 1.82) is 0 Å². The third kappa shape index (κ3) is 4.85. The summed E-state index contributed by atoms with van der Waals surface area (Å²) < 4.78 is 0. The molecule has 2 aromatic carbocycles. The van der Waals surface area contributed by atoms with Crippen molar-refractivity contribution in [2.75, 3.05) is 0 Å². The van der Waals surface area contributed by atoms with E-state index in [0.717, 1.165) is 17.7 Å². The van der Waals surface area contributed by atoms with Crippen LogP contribution < -0.4 is 5.32 Å². The lowest BCUT2D eigenvalue weighted by Crippen LogP contribution is -2.83. The lowest BCUT2D eigenvalue weighted by Gasteiger charge is -2.28. The predicted molar refractivity (Wildman–Crippen MR) is 106 cm³/mol. The van der Waals surface area contributed by atoms with E-state index in [0.29, 0.717) is 11.8 Å². The van der Waals surface area contributed by atoms with Gasteiger partial charge in [-0.1, -0.05) is 71.9 Å². The van der Waals surface area contributed by atoms with E-state index in [-0.39, 0.29) is 10.8 Å². The van der Waals surface area contributed by atoms with Gasteiger partial charge >= 0.3 is 0 Å². The summed E-state index contributed by atoms with van der Waals surface area (Å²) in [5.41, 5.74) is 4.53. The average molecular weight is 341 g/mol. The lowest BCUT2D eigenvalue weighted by atomic mass is 9.78. The molecule has 0 aromatic heterocycles. The number of phenols is 1. The normalized spacial score (nSPS) is 13.7. The van der Waals surface area contributed by atoms with E-state index in [1.165, 1.54) is 11.1 Å². The second-order valence-electron chi connectivity index (χ2n) is 9.18. The molecule has 0 unspecified atom stereocenters. The Labute approximate surface area is 153 Å². The molecule has 0 saturated heterocycles. The van der Waals surface area contributed by atoms with E-state index in [4.69, 9.17) is 0 Å². The minimum atomic E-state index is -0.0782. The van der Waals surface area contributed by atoms with Gasteiger partial charge in [0.1, 0.15) is 18.3 Å². The predicted octanol–water partition coefficient (Wildman–Crippen LogP) is 4.81. The van der Waals surface area contributed by atoms with Gasteiger partial charge in [0.15, 0.2) is 0 Å². The van der Waals surface area contributed by atoms with Crippen molar-refractivity contribution >= 4 is 0 Å². The van der Waals surface area contributed by atoms with Crippen LogP contribution in [0.4, 0.5) is 0 Å². The smallest absolute Gasteiger partial charge is 0.123 e. The van der Waals surface area contributed by atoms with Crippen LogP contribution >= 0.6 is 0 Å². The number of aromatic hydroxyl groups is 1.